The molecule has 0 aliphatic carbocycles. The Morgan fingerprint density at radius 3 is 2.39 bits per heavy atom. The van der Waals surface area contributed by atoms with Gasteiger partial charge < -0.3 is 10.5 Å². The minimum Gasteiger partial charge on any atom is -0.497 e. The Morgan fingerprint density at radius 2 is 1.71 bits per heavy atom. The van der Waals surface area contributed by atoms with Crippen LogP contribution < -0.4 is 10.5 Å². The van der Waals surface area contributed by atoms with Crippen molar-refractivity contribution in [3.63, 3.8) is 0 Å². The van der Waals surface area contributed by atoms with Crippen molar-refractivity contribution >= 4 is 11.5 Å². The second kappa shape index (κ2) is 6.52. The van der Waals surface area contributed by atoms with E-state index in [1.54, 1.807) is 31.4 Å². The number of benzene rings is 1. The van der Waals surface area contributed by atoms with Gasteiger partial charge in [0.25, 0.3) is 0 Å². The standard InChI is InChI=1S/C19H14F3N5O/c1-28-13-4-2-11(3-5-13)15-6-7-17-24-10-16(27(17)26-15)12-8-14(19(20,21)22)18(23)25-9-12/h2-10H,1H3,(H2,23,25). The number of aromatic nitrogens is 4. The fourth-order valence-electron chi connectivity index (χ4n) is 2.83. The molecular formula is C19H14F3N5O. The van der Waals surface area contributed by atoms with Gasteiger partial charge in [0.15, 0.2) is 5.65 Å². The van der Waals surface area contributed by atoms with Crippen LogP contribution in [0.1, 0.15) is 5.56 Å². The summed E-state index contributed by atoms with van der Waals surface area (Å²) in [6, 6.07) is 11.8. The zero-order chi connectivity index (χ0) is 19.9. The van der Waals surface area contributed by atoms with Crippen LogP contribution in [0, 0.1) is 0 Å². The van der Waals surface area contributed by atoms with Crippen molar-refractivity contribution in [3.8, 4) is 28.3 Å². The van der Waals surface area contributed by atoms with E-state index in [1.807, 2.05) is 12.1 Å². The molecule has 28 heavy (non-hydrogen) atoms. The summed E-state index contributed by atoms with van der Waals surface area (Å²) < 4.78 is 46.1. The molecule has 2 N–H and O–H groups in total. The smallest absolute Gasteiger partial charge is 0.419 e. The number of anilines is 1. The van der Waals surface area contributed by atoms with Crippen LogP contribution in [0.2, 0.25) is 0 Å². The predicted octanol–water partition coefficient (Wildman–Crippen LogP) is 4.07. The number of pyridine rings is 1. The third-order valence-corrected chi connectivity index (χ3v) is 4.27. The lowest BCUT2D eigenvalue weighted by Crippen LogP contribution is -2.10. The lowest BCUT2D eigenvalue weighted by molar-refractivity contribution is -0.137. The Labute approximate surface area is 157 Å². The predicted molar refractivity (Wildman–Crippen MR) is 97.6 cm³/mol. The lowest BCUT2D eigenvalue weighted by atomic mass is 10.1. The Bertz CT molecular complexity index is 1150. The van der Waals surface area contributed by atoms with Crippen LogP contribution in [-0.2, 0) is 6.18 Å². The van der Waals surface area contributed by atoms with Gasteiger partial charge in [0.2, 0.25) is 0 Å². The third kappa shape index (κ3) is 3.11. The van der Waals surface area contributed by atoms with Crippen LogP contribution in [0.25, 0.3) is 28.2 Å². The van der Waals surface area contributed by atoms with E-state index in [4.69, 9.17) is 10.5 Å². The molecule has 0 saturated carbocycles. The monoisotopic (exact) mass is 385 g/mol. The number of imidazole rings is 1. The summed E-state index contributed by atoms with van der Waals surface area (Å²) in [7, 11) is 1.58. The number of fused-ring (bicyclic) bond motifs is 1. The Kier molecular flexibility index (Phi) is 4.14. The molecule has 0 spiro atoms. The average Bonchev–Trinajstić information content (AvgIpc) is 3.11. The fraction of sp³-hybridized carbons (Fsp3) is 0.105. The number of hydrogen-bond acceptors (Lipinski definition) is 5. The number of nitrogens with zero attached hydrogens (tertiary/aromatic N) is 4. The highest BCUT2D eigenvalue weighted by Crippen LogP contribution is 2.35. The number of nitrogens with two attached hydrogens (primary N) is 1. The van der Waals surface area contributed by atoms with Crippen LogP contribution in [0.5, 0.6) is 5.75 Å². The SMILES string of the molecule is COc1ccc(-c2ccc3ncc(-c4cnc(N)c(C(F)(F)F)c4)n3n2)cc1. The number of ether oxygens (including phenoxy) is 1. The summed E-state index contributed by atoms with van der Waals surface area (Å²) >= 11 is 0. The topological polar surface area (TPSA) is 78.3 Å². The van der Waals surface area contributed by atoms with Crippen molar-refractivity contribution in [1.29, 1.82) is 0 Å². The van der Waals surface area contributed by atoms with Crippen molar-refractivity contribution < 1.29 is 17.9 Å². The summed E-state index contributed by atoms with van der Waals surface area (Å²) in [5.41, 5.74) is 6.94. The van der Waals surface area contributed by atoms with Gasteiger partial charge in [0.1, 0.15) is 11.6 Å². The highest BCUT2D eigenvalue weighted by molar-refractivity contribution is 5.67. The van der Waals surface area contributed by atoms with Crippen LogP contribution >= 0.6 is 0 Å². The second-order valence-corrected chi connectivity index (χ2v) is 6.02. The number of hydrogen-bond donors (Lipinski definition) is 1. The van der Waals surface area contributed by atoms with Gasteiger partial charge in [0, 0.05) is 17.3 Å². The molecule has 4 rings (SSSR count). The molecule has 1 aromatic carbocycles. The van der Waals surface area contributed by atoms with Crippen LogP contribution in [-0.4, -0.2) is 26.7 Å². The molecule has 0 saturated heterocycles. The maximum atomic E-state index is 13.2. The number of halogens is 3. The first-order valence-corrected chi connectivity index (χ1v) is 8.19. The molecule has 4 aromatic rings. The molecule has 0 radical (unpaired) electrons. The van der Waals surface area contributed by atoms with E-state index in [1.165, 1.54) is 16.9 Å². The van der Waals surface area contributed by atoms with Crippen molar-refractivity contribution in [2.75, 3.05) is 12.8 Å². The Morgan fingerprint density at radius 1 is 0.964 bits per heavy atom. The van der Waals surface area contributed by atoms with Gasteiger partial charge >= 0.3 is 6.18 Å². The normalized spacial score (nSPS) is 11.7. The van der Waals surface area contributed by atoms with E-state index in [0.717, 1.165) is 11.6 Å². The largest absolute Gasteiger partial charge is 0.497 e. The van der Waals surface area contributed by atoms with Crippen LogP contribution in [0.15, 0.2) is 54.9 Å². The summed E-state index contributed by atoms with van der Waals surface area (Å²) in [6.45, 7) is 0. The maximum absolute atomic E-state index is 13.2. The number of nitrogen functional groups attached to an aromatic ring is 1. The van der Waals surface area contributed by atoms with Gasteiger partial charge in [-0.25, -0.2) is 14.5 Å². The van der Waals surface area contributed by atoms with Gasteiger partial charge in [-0.2, -0.15) is 18.3 Å². The van der Waals surface area contributed by atoms with Crippen molar-refractivity contribution in [2.45, 2.75) is 6.18 Å². The number of rotatable bonds is 3. The van der Waals surface area contributed by atoms with E-state index in [-0.39, 0.29) is 5.56 Å². The molecule has 0 unspecified atom stereocenters. The Balaban J connectivity index is 1.82. The van der Waals surface area contributed by atoms with Gasteiger partial charge in [-0.15, -0.1) is 0 Å². The summed E-state index contributed by atoms with van der Waals surface area (Å²) in [4.78, 5) is 7.89. The molecular weight excluding hydrogens is 371 g/mol. The molecule has 9 heteroatoms. The molecule has 0 bridgehead atoms. The Hall–Kier alpha value is -3.62. The zero-order valence-corrected chi connectivity index (χ0v) is 14.6. The third-order valence-electron chi connectivity index (χ3n) is 4.27. The molecule has 3 heterocycles. The van der Waals surface area contributed by atoms with Crippen molar-refractivity contribution in [2.24, 2.45) is 0 Å². The van der Waals surface area contributed by atoms with Gasteiger partial charge in [-0.3, -0.25) is 0 Å². The quantitative estimate of drug-likeness (QED) is 0.575. The second-order valence-electron chi connectivity index (χ2n) is 6.02. The lowest BCUT2D eigenvalue weighted by Gasteiger charge is -2.11. The average molecular weight is 385 g/mol. The van der Waals surface area contributed by atoms with Crippen LogP contribution in [0.3, 0.4) is 0 Å². The van der Waals surface area contributed by atoms with E-state index in [9.17, 15) is 13.2 Å². The maximum Gasteiger partial charge on any atom is 0.419 e. The van der Waals surface area contributed by atoms with Crippen LogP contribution in [0.4, 0.5) is 19.0 Å². The fourth-order valence-corrected chi connectivity index (χ4v) is 2.83. The highest BCUT2D eigenvalue weighted by Gasteiger charge is 2.34. The molecule has 0 aliphatic rings. The van der Waals surface area contributed by atoms with Crippen molar-refractivity contribution in [3.05, 3.63) is 60.4 Å². The summed E-state index contributed by atoms with van der Waals surface area (Å²) in [5.74, 6) is 0.137. The highest BCUT2D eigenvalue weighted by atomic mass is 19.4. The van der Waals surface area contributed by atoms with E-state index >= 15 is 0 Å². The van der Waals surface area contributed by atoms with E-state index in [0.29, 0.717) is 22.8 Å². The van der Waals surface area contributed by atoms with E-state index < -0.39 is 17.6 Å². The minimum atomic E-state index is -4.60. The molecule has 0 fully saturated rings. The molecule has 0 aliphatic heterocycles. The minimum absolute atomic E-state index is 0.216. The number of alkyl halides is 3. The molecule has 0 amide bonds. The molecule has 3 aromatic heterocycles. The molecule has 6 nitrogen and oxygen atoms in total. The van der Waals surface area contributed by atoms with Crippen molar-refractivity contribution in [1.82, 2.24) is 19.6 Å². The first-order valence-electron chi connectivity index (χ1n) is 8.19. The van der Waals surface area contributed by atoms with E-state index in [2.05, 4.69) is 15.1 Å². The molecule has 142 valence electrons. The first kappa shape index (κ1) is 17.8. The van der Waals surface area contributed by atoms with Gasteiger partial charge in [0.05, 0.1) is 30.3 Å². The van der Waals surface area contributed by atoms with Gasteiger partial charge in [-0.1, -0.05) is 0 Å². The summed E-state index contributed by atoms with van der Waals surface area (Å²) in [5, 5.41) is 4.52. The molecule has 0 atom stereocenters. The number of methoxy groups -OCH3 is 1. The van der Waals surface area contributed by atoms with Gasteiger partial charge in [-0.05, 0) is 42.5 Å². The first-order chi connectivity index (χ1) is 13.4. The zero-order valence-electron chi connectivity index (χ0n) is 14.6. The summed E-state index contributed by atoms with van der Waals surface area (Å²) in [6.07, 6.45) is -1.88.